The molecule has 0 radical (unpaired) electrons. The monoisotopic (exact) mass is 214 g/mol. The van der Waals surface area contributed by atoms with Crippen LogP contribution in [0.25, 0.3) is 0 Å². The summed E-state index contributed by atoms with van der Waals surface area (Å²) in [4.78, 5) is 14.9. The van der Waals surface area contributed by atoms with Crippen LogP contribution in [0.3, 0.4) is 0 Å². The Morgan fingerprint density at radius 2 is 2.50 bits per heavy atom. The van der Waals surface area contributed by atoms with Crippen LogP contribution in [-0.2, 0) is 11.3 Å². The van der Waals surface area contributed by atoms with E-state index in [9.17, 15) is 4.79 Å². The third-order valence-corrected chi connectivity index (χ3v) is 2.35. The third kappa shape index (κ3) is 2.26. The Bertz CT molecular complexity index is 333. The van der Waals surface area contributed by atoms with Crippen molar-refractivity contribution in [3.63, 3.8) is 0 Å². The highest BCUT2D eigenvalue weighted by Crippen LogP contribution is 2.40. The fraction of sp³-hybridized carbons (Fsp3) is 0.556. The number of oxazole rings is 1. The van der Waals surface area contributed by atoms with Gasteiger partial charge in [0.1, 0.15) is 11.6 Å². The molecule has 1 amide bonds. The quantitative estimate of drug-likeness (QED) is 0.771. The molecule has 1 fully saturated rings. The van der Waals surface area contributed by atoms with Crippen LogP contribution >= 0.6 is 11.6 Å². The summed E-state index contributed by atoms with van der Waals surface area (Å²) in [6.07, 6.45) is 4.10. The molecule has 2 rings (SSSR count). The zero-order valence-corrected chi connectivity index (χ0v) is 8.38. The van der Waals surface area contributed by atoms with Crippen molar-refractivity contribution in [2.24, 2.45) is 0 Å². The molecule has 0 bridgehead atoms. The topological polar surface area (TPSA) is 55.1 Å². The Kier molecular flexibility index (Phi) is 2.72. The van der Waals surface area contributed by atoms with Gasteiger partial charge in [-0.1, -0.05) is 0 Å². The lowest BCUT2D eigenvalue weighted by Gasteiger charge is -1.97. The minimum Gasteiger partial charge on any atom is -0.443 e. The molecule has 14 heavy (non-hydrogen) atoms. The van der Waals surface area contributed by atoms with E-state index in [1.54, 1.807) is 6.20 Å². The summed E-state index contributed by atoms with van der Waals surface area (Å²) >= 11 is 5.32. The fourth-order valence-electron chi connectivity index (χ4n) is 1.18. The van der Waals surface area contributed by atoms with Crippen molar-refractivity contribution in [2.45, 2.75) is 25.3 Å². The average Bonchev–Trinajstić information content (AvgIpc) is 2.95. The van der Waals surface area contributed by atoms with Gasteiger partial charge in [-0.3, -0.25) is 4.79 Å². The Morgan fingerprint density at radius 3 is 3.14 bits per heavy atom. The van der Waals surface area contributed by atoms with E-state index in [1.165, 1.54) is 12.8 Å². The van der Waals surface area contributed by atoms with Gasteiger partial charge in [0.05, 0.1) is 12.7 Å². The number of nitrogens with one attached hydrogen (secondary N) is 1. The van der Waals surface area contributed by atoms with Crippen molar-refractivity contribution in [1.29, 1.82) is 0 Å². The Labute approximate surface area is 86.6 Å². The van der Waals surface area contributed by atoms with Gasteiger partial charge in [0.15, 0.2) is 0 Å². The van der Waals surface area contributed by atoms with Crippen molar-refractivity contribution in [2.75, 3.05) is 5.88 Å². The molecule has 1 aromatic heterocycles. The summed E-state index contributed by atoms with van der Waals surface area (Å²) in [5, 5.41) is 2.59. The molecule has 4 nitrogen and oxygen atoms in total. The number of amides is 1. The van der Waals surface area contributed by atoms with Gasteiger partial charge in [-0.25, -0.2) is 4.98 Å². The predicted molar refractivity (Wildman–Crippen MR) is 51.0 cm³/mol. The maximum absolute atomic E-state index is 10.8. The summed E-state index contributed by atoms with van der Waals surface area (Å²) in [6, 6.07) is 0. The molecule has 1 saturated carbocycles. The molecule has 0 aromatic carbocycles. The molecule has 1 aromatic rings. The second kappa shape index (κ2) is 4.00. The highest BCUT2D eigenvalue weighted by Gasteiger charge is 2.27. The van der Waals surface area contributed by atoms with Gasteiger partial charge in [0.25, 0.3) is 0 Å². The van der Waals surface area contributed by atoms with Gasteiger partial charge < -0.3 is 9.73 Å². The van der Waals surface area contributed by atoms with Crippen molar-refractivity contribution in [1.82, 2.24) is 10.3 Å². The SMILES string of the molecule is O=C(CCl)NCc1ncc(C2CC2)o1. The largest absolute Gasteiger partial charge is 0.443 e. The zero-order chi connectivity index (χ0) is 9.97. The maximum atomic E-state index is 10.8. The number of carbonyl (C=O) groups excluding carboxylic acids is 1. The van der Waals surface area contributed by atoms with Crippen LogP contribution in [0.2, 0.25) is 0 Å². The van der Waals surface area contributed by atoms with Crippen LogP contribution in [0, 0.1) is 0 Å². The van der Waals surface area contributed by atoms with E-state index in [0.29, 0.717) is 18.4 Å². The van der Waals surface area contributed by atoms with Gasteiger partial charge in [-0.15, -0.1) is 11.6 Å². The molecule has 1 N–H and O–H groups in total. The molecule has 5 heteroatoms. The summed E-state index contributed by atoms with van der Waals surface area (Å²) in [6.45, 7) is 0.318. The third-order valence-electron chi connectivity index (χ3n) is 2.11. The van der Waals surface area contributed by atoms with Crippen LogP contribution in [0.1, 0.15) is 30.4 Å². The average molecular weight is 215 g/mol. The van der Waals surface area contributed by atoms with Crippen LogP contribution in [0.4, 0.5) is 0 Å². The summed E-state index contributed by atoms with van der Waals surface area (Å²) < 4.78 is 5.43. The van der Waals surface area contributed by atoms with Gasteiger partial charge in [-0.05, 0) is 12.8 Å². The molecule has 0 spiro atoms. The highest BCUT2D eigenvalue weighted by molar-refractivity contribution is 6.27. The number of hydrogen-bond donors (Lipinski definition) is 1. The predicted octanol–water partition coefficient (Wildman–Crippen LogP) is 1.41. The zero-order valence-electron chi connectivity index (χ0n) is 7.62. The highest BCUT2D eigenvalue weighted by atomic mass is 35.5. The van der Waals surface area contributed by atoms with Gasteiger partial charge in [0, 0.05) is 5.92 Å². The van der Waals surface area contributed by atoms with Gasteiger partial charge in [0.2, 0.25) is 11.8 Å². The summed E-state index contributed by atoms with van der Waals surface area (Å²) in [5.41, 5.74) is 0. The first-order chi connectivity index (χ1) is 6.79. The normalized spacial score (nSPS) is 15.5. The molecule has 1 aliphatic rings. The van der Waals surface area contributed by atoms with Crippen LogP contribution < -0.4 is 5.32 Å². The number of aromatic nitrogens is 1. The van der Waals surface area contributed by atoms with Gasteiger partial charge >= 0.3 is 0 Å². The molecule has 0 unspecified atom stereocenters. The number of rotatable bonds is 4. The van der Waals surface area contributed by atoms with Gasteiger partial charge in [-0.2, -0.15) is 0 Å². The first kappa shape index (κ1) is 9.52. The van der Waals surface area contributed by atoms with E-state index in [-0.39, 0.29) is 11.8 Å². The van der Waals surface area contributed by atoms with Crippen molar-refractivity contribution in [3.8, 4) is 0 Å². The lowest BCUT2D eigenvalue weighted by molar-refractivity contribution is -0.118. The molecule has 1 heterocycles. The minimum absolute atomic E-state index is 0.0316. The molecule has 1 aliphatic carbocycles. The van der Waals surface area contributed by atoms with E-state index in [2.05, 4.69) is 10.3 Å². The number of carbonyl (C=O) groups is 1. The van der Waals surface area contributed by atoms with Crippen molar-refractivity contribution < 1.29 is 9.21 Å². The molecule has 0 atom stereocenters. The second-order valence-corrected chi connectivity index (χ2v) is 3.61. The Balaban J connectivity index is 1.86. The Hall–Kier alpha value is -1.03. The van der Waals surface area contributed by atoms with Crippen LogP contribution in [0.15, 0.2) is 10.6 Å². The fourth-order valence-corrected chi connectivity index (χ4v) is 1.28. The van der Waals surface area contributed by atoms with E-state index >= 15 is 0 Å². The van der Waals surface area contributed by atoms with Crippen LogP contribution in [-0.4, -0.2) is 16.8 Å². The molecule has 0 saturated heterocycles. The lowest BCUT2D eigenvalue weighted by Crippen LogP contribution is -2.23. The van der Waals surface area contributed by atoms with Crippen molar-refractivity contribution >= 4 is 17.5 Å². The number of halogens is 1. The molecule has 76 valence electrons. The number of hydrogen-bond acceptors (Lipinski definition) is 3. The summed E-state index contributed by atoms with van der Waals surface area (Å²) in [7, 11) is 0. The maximum Gasteiger partial charge on any atom is 0.235 e. The van der Waals surface area contributed by atoms with E-state index in [4.69, 9.17) is 16.0 Å². The summed E-state index contributed by atoms with van der Waals surface area (Å²) in [5.74, 6) is 1.79. The molecule has 0 aliphatic heterocycles. The first-order valence-corrected chi connectivity index (χ1v) is 5.10. The first-order valence-electron chi connectivity index (χ1n) is 4.57. The number of nitrogens with zero attached hydrogens (tertiary/aromatic N) is 1. The Morgan fingerprint density at radius 1 is 1.71 bits per heavy atom. The van der Waals surface area contributed by atoms with E-state index in [0.717, 1.165) is 5.76 Å². The number of alkyl halides is 1. The van der Waals surface area contributed by atoms with Crippen molar-refractivity contribution in [3.05, 3.63) is 17.8 Å². The van der Waals surface area contributed by atoms with E-state index < -0.39 is 0 Å². The molecular formula is C9H11ClN2O2. The standard InChI is InChI=1S/C9H11ClN2O2/c10-3-8(13)11-5-9-12-4-7(14-9)6-1-2-6/h4,6H,1-3,5H2,(H,11,13). The lowest BCUT2D eigenvalue weighted by atomic mass is 10.3. The smallest absolute Gasteiger partial charge is 0.235 e. The van der Waals surface area contributed by atoms with Crippen LogP contribution in [0.5, 0.6) is 0 Å². The molecular weight excluding hydrogens is 204 g/mol. The van der Waals surface area contributed by atoms with E-state index in [1.807, 2.05) is 0 Å². The second-order valence-electron chi connectivity index (χ2n) is 3.34. The minimum atomic E-state index is -0.210.